The van der Waals surface area contributed by atoms with E-state index in [-0.39, 0.29) is 34.8 Å². The number of amides is 2. The van der Waals surface area contributed by atoms with Gasteiger partial charge < -0.3 is 20.0 Å². The van der Waals surface area contributed by atoms with Gasteiger partial charge in [0.25, 0.3) is 5.91 Å². The van der Waals surface area contributed by atoms with Crippen molar-refractivity contribution < 1.29 is 19.8 Å². The number of aliphatic hydroxyl groups is 2. The topological polar surface area (TPSA) is 84.3 Å². The minimum Gasteiger partial charge on any atom is -0.391 e. The summed E-state index contributed by atoms with van der Waals surface area (Å²) in [6, 6.07) is 13.6. The summed E-state index contributed by atoms with van der Waals surface area (Å²) in [7, 11) is 0. The first-order valence-corrected chi connectivity index (χ1v) is 18.7. The summed E-state index contributed by atoms with van der Waals surface area (Å²) in [5, 5.41) is 25.1. The van der Waals surface area contributed by atoms with Crippen LogP contribution in [0.25, 0.3) is 10.8 Å². The van der Waals surface area contributed by atoms with Gasteiger partial charge in [0.1, 0.15) is 6.04 Å². The average Bonchev–Trinajstić information content (AvgIpc) is 3.66. The van der Waals surface area contributed by atoms with Crippen molar-refractivity contribution in [3.8, 4) is 0 Å². The Morgan fingerprint density at radius 3 is 2.36 bits per heavy atom. The van der Waals surface area contributed by atoms with Crippen LogP contribution in [-0.4, -0.2) is 93.2 Å². The second kappa shape index (κ2) is 11.6. The fraction of sp³-hybridized carbons (Fsp3) is 0.700. The van der Waals surface area contributed by atoms with Gasteiger partial charge in [-0.15, -0.1) is 0 Å². The summed E-state index contributed by atoms with van der Waals surface area (Å²) in [6.45, 7) is 10.5. The summed E-state index contributed by atoms with van der Waals surface area (Å²) >= 11 is 0. The van der Waals surface area contributed by atoms with Gasteiger partial charge in [-0.05, 0) is 129 Å². The highest BCUT2D eigenvalue weighted by molar-refractivity contribution is 6.01. The molecule has 47 heavy (non-hydrogen) atoms. The number of piperazine rings is 1. The number of nitrogens with zero attached hydrogens (tertiary/aromatic N) is 3. The molecule has 0 radical (unpaired) electrons. The van der Waals surface area contributed by atoms with Gasteiger partial charge >= 0.3 is 0 Å². The van der Waals surface area contributed by atoms with Crippen LogP contribution < -0.4 is 0 Å². The second-order valence-electron chi connectivity index (χ2n) is 17.1. The van der Waals surface area contributed by atoms with Crippen LogP contribution in [0.1, 0.15) is 95.3 Å². The number of likely N-dealkylation sites (tertiary alicyclic amines) is 1. The maximum Gasteiger partial charge on any atom is 0.254 e. The Morgan fingerprint density at radius 2 is 1.57 bits per heavy atom. The van der Waals surface area contributed by atoms with E-state index in [9.17, 15) is 19.8 Å². The van der Waals surface area contributed by atoms with Gasteiger partial charge in [0.2, 0.25) is 5.91 Å². The van der Waals surface area contributed by atoms with Crippen molar-refractivity contribution >= 4 is 22.6 Å². The Labute approximate surface area is 280 Å². The number of fused-ring (bicyclic) bond motifs is 6. The van der Waals surface area contributed by atoms with E-state index in [0.717, 1.165) is 68.8 Å². The number of rotatable bonds is 3. The van der Waals surface area contributed by atoms with Crippen molar-refractivity contribution in [1.82, 2.24) is 14.7 Å². The van der Waals surface area contributed by atoms with E-state index in [4.69, 9.17) is 0 Å². The van der Waals surface area contributed by atoms with Crippen molar-refractivity contribution in [1.29, 1.82) is 0 Å². The molecule has 4 saturated carbocycles. The molecule has 2 aromatic carbocycles. The third kappa shape index (κ3) is 5.00. The lowest BCUT2D eigenvalue weighted by Gasteiger charge is -2.63. The fourth-order valence-electron chi connectivity index (χ4n) is 12.1. The first-order chi connectivity index (χ1) is 22.5. The van der Waals surface area contributed by atoms with Crippen LogP contribution in [0.2, 0.25) is 0 Å². The number of hydrogen-bond acceptors (Lipinski definition) is 5. The predicted octanol–water partition coefficient (Wildman–Crippen LogP) is 5.72. The van der Waals surface area contributed by atoms with E-state index in [1.807, 2.05) is 46.2 Å². The van der Waals surface area contributed by atoms with Crippen molar-refractivity contribution in [2.75, 3.05) is 32.7 Å². The van der Waals surface area contributed by atoms with E-state index >= 15 is 0 Å². The Bertz CT molecular complexity index is 1530. The molecule has 254 valence electrons. The van der Waals surface area contributed by atoms with Crippen molar-refractivity contribution in [3.05, 3.63) is 48.0 Å². The molecule has 10 atom stereocenters. The molecule has 4 aliphatic carbocycles. The maximum absolute atomic E-state index is 13.9. The van der Waals surface area contributed by atoms with Crippen molar-refractivity contribution in [2.45, 2.75) is 109 Å². The molecule has 6 fully saturated rings. The Kier molecular flexibility index (Phi) is 7.81. The van der Waals surface area contributed by atoms with Crippen LogP contribution in [0.15, 0.2) is 42.5 Å². The van der Waals surface area contributed by atoms with Crippen LogP contribution >= 0.6 is 0 Å². The van der Waals surface area contributed by atoms with Crippen molar-refractivity contribution in [2.24, 2.45) is 34.5 Å². The third-order valence-corrected chi connectivity index (χ3v) is 15.1. The molecular weight excluding hydrogens is 586 g/mol. The second-order valence-corrected chi connectivity index (χ2v) is 17.1. The molecule has 7 nitrogen and oxygen atoms in total. The van der Waals surface area contributed by atoms with Crippen LogP contribution in [0.5, 0.6) is 0 Å². The molecule has 2 N–H and O–H groups in total. The van der Waals surface area contributed by atoms with Crippen molar-refractivity contribution in [3.63, 3.8) is 0 Å². The Morgan fingerprint density at radius 1 is 0.830 bits per heavy atom. The van der Waals surface area contributed by atoms with Gasteiger partial charge in [0.05, 0.1) is 11.7 Å². The highest BCUT2D eigenvalue weighted by atomic mass is 16.3. The van der Waals surface area contributed by atoms with Gasteiger partial charge in [-0.2, -0.15) is 0 Å². The number of benzene rings is 2. The highest BCUT2D eigenvalue weighted by Gasteiger charge is 2.64. The minimum atomic E-state index is -0.554. The summed E-state index contributed by atoms with van der Waals surface area (Å²) in [4.78, 5) is 33.8. The zero-order chi connectivity index (χ0) is 32.7. The third-order valence-electron chi connectivity index (χ3n) is 15.1. The SMILES string of the molecule is CC1(O)CC[C@H]2[C@@H]3CCC4CC(O)C(N5CCN(C(=O)[C@@H]6CCCN6C(=O)c6ccc7ccccc7c6)CC5)C[C@]4(C)[C@@H]3CC[C@@]21C. The molecule has 2 amide bonds. The van der Waals surface area contributed by atoms with Crippen LogP contribution in [0, 0.1) is 34.5 Å². The molecule has 6 aliphatic rings. The minimum absolute atomic E-state index is 0.0306. The number of hydrogen-bond donors (Lipinski definition) is 2. The molecule has 0 aromatic heterocycles. The lowest BCUT2D eigenvalue weighted by molar-refractivity contribution is -0.168. The molecule has 2 heterocycles. The summed E-state index contributed by atoms with van der Waals surface area (Å²) < 4.78 is 0. The number of aliphatic hydroxyl groups excluding tert-OH is 1. The highest BCUT2D eigenvalue weighted by Crippen LogP contribution is 2.68. The average molecular weight is 642 g/mol. The summed E-state index contributed by atoms with van der Waals surface area (Å²) in [5.74, 6) is 2.56. The van der Waals surface area contributed by atoms with Gasteiger partial charge in [-0.1, -0.05) is 44.2 Å². The molecule has 0 bridgehead atoms. The lowest BCUT2D eigenvalue weighted by atomic mass is 9.44. The van der Waals surface area contributed by atoms with Gasteiger partial charge in [-0.25, -0.2) is 0 Å². The standard InChI is InChI=1S/C40H55N3O4/c1-38-25-34(35(44)24-29(38)12-13-30-31(38)14-16-39(2)32(30)15-17-40(39,3)47)41-19-21-42(22-20-41)37(46)33-9-6-18-43(33)36(45)28-11-10-26-7-4-5-8-27(26)23-28/h4-5,7-8,10-11,23,29-35,44,47H,6,9,12-22,24-25H2,1-3H3/t29?,30-,31-,32+,33+,34?,35?,38+,39+,40?/m1/s1. The van der Waals surface area contributed by atoms with E-state index in [0.29, 0.717) is 48.9 Å². The molecule has 2 saturated heterocycles. The Hall–Kier alpha value is -2.48. The van der Waals surface area contributed by atoms with Crippen LogP contribution in [0.3, 0.4) is 0 Å². The number of carbonyl (C=O) groups excluding carboxylic acids is 2. The molecule has 7 heteroatoms. The molecule has 8 rings (SSSR count). The van der Waals surface area contributed by atoms with Gasteiger partial charge in [0, 0.05) is 44.3 Å². The van der Waals surface area contributed by atoms with Gasteiger partial charge in [-0.3, -0.25) is 14.5 Å². The van der Waals surface area contributed by atoms with E-state index in [1.165, 1.54) is 19.3 Å². The normalized spacial score (nSPS) is 42.2. The summed E-state index contributed by atoms with van der Waals surface area (Å²) in [6.07, 6.45) is 10.0. The molecule has 2 aromatic rings. The van der Waals surface area contributed by atoms with E-state index < -0.39 is 11.6 Å². The summed E-state index contributed by atoms with van der Waals surface area (Å²) in [5.41, 5.74) is 0.339. The number of carbonyl (C=O) groups is 2. The Balaban J connectivity index is 0.924. The van der Waals surface area contributed by atoms with E-state index in [2.05, 4.69) is 31.7 Å². The lowest BCUT2D eigenvalue weighted by Crippen LogP contribution is -2.63. The first kappa shape index (κ1) is 31.8. The zero-order valence-electron chi connectivity index (χ0n) is 28.7. The molecule has 2 aliphatic heterocycles. The largest absolute Gasteiger partial charge is 0.391 e. The first-order valence-electron chi connectivity index (χ1n) is 18.7. The molecule has 0 spiro atoms. The van der Waals surface area contributed by atoms with Crippen LogP contribution in [-0.2, 0) is 4.79 Å². The van der Waals surface area contributed by atoms with Crippen LogP contribution in [0.4, 0.5) is 0 Å². The molecule has 4 unspecified atom stereocenters. The smallest absolute Gasteiger partial charge is 0.254 e. The maximum atomic E-state index is 13.9. The monoisotopic (exact) mass is 641 g/mol. The predicted molar refractivity (Wildman–Crippen MR) is 184 cm³/mol. The molecular formula is C40H55N3O4. The van der Waals surface area contributed by atoms with E-state index in [1.54, 1.807) is 0 Å². The quantitative estimate of drug-likeness (QED) is 0.448. The fourth-order valence-corrected chi connectivity index (χ4v) is 12.1. The zero-order valence-corrected chi connectivity index (χ0v) is 28.7. The van der Waals surface area contributed by atoms with Gasteiger partial charge in [0.15, 0.2) is 0 Å².